The summed E-state index contributed by atoms with van der Waals surface area (Å²) >= 11 is 0. The fraction of sp³-hybridized carbons (Fsp3) is 0.964. The number of fused-ring (bicyclic) bond motifs is 5. The fourth-order valence-electron chi connectivity index (χ4n) is 10.3. The average Bonchev–Trinajstić information content (AvgIpc) is 3.06. The van der Waals surface area contributed by atoms with Crippen molar-refractivity contribution in [1.29, 1.82) is 0 Å². The Labute approximate surface area is 190 Å². The Hall–Kier alpha value is -0.410. The van der Waals surface area contributed by atoms with Gasteiger partial charge in [0.05, 0.1) is 6.10 Å². The third-order valence-electron chi connectivity index (χ3n) is 11.9. The third kappa shape index (κ3) is 3.38. The van der Waals surface area contributed by atoms with E-state index in [1.807, 2.05) is 0 Å². The van der Waals surface area contributed by atoms with Crippen LogP contribution in [0.15, 0.2) is 0 Å². The number of aliphatic hydroxyl groups excluding tert-OH is 1. The lowest BCUT2D eigenvalue weighted by Crippen LogP contribution is -2.57. The lowest BCUT2D eigenvalue weighted by Gasteiger charge is -2.60. The topological polar surface area (TPSA) is 40.5 Å². The molecule has 0 aromatic rings. The van der Waals surface area contributed by atoms with E-state index in [9.17, 15) is 9.90 Å². The molecule has 1 saturated heterocycles. The van der Waals surface area contributed by atoms with Gasteiger partial charge in [-0.1, -0.05) is 27.7 Å². The molecule has 5 rings (SSSR count). The third-order valence-corrected chi connectivity index (χ3v) is 11.9. The van der Waals surface area contributed by atoms with Gasteiger partial charge in [0, 0.05) is 24.9 Å². The summed E-state index contributed by atoms with van der Waals surface area (Å²) in [6.07, 6.45) is 11.4. The van der Waals surface area contributed by atoms with E-state index in [1.165, 1.54) is 45.1 Å². The minimum atomic E-state index is -0.251. The number of aliphatic hydroxyl groups is 1. The van der Waals surface area contributed by atoms with E-state index in [2.05, 4.69) is 39.6 Å². The van der Waals surface area contributed by atoms with E-state index in [4.69, 9.17) is 0 Å². The minimum Gasteiger partial charge on any atom is -0.393 e. The van der Waals surface area contributed by atoms with E-state index >= 15 is 0 Å². The van der Waals surface area contributed by atoms with Crippen LogP contribution in [0, 0.1) is 52.3 Å². The molecule has 3 nitrogen and oxygen atoms in total. The van der Waals surface area contributed by atoms with Crippen LogP contribution in [-0.2, 0) is 4.79 Å². The van der Waals surface area contributed by atoms with Gasteiger partial charge in [0.2, 0.25) is 0 Å². The molecule has 0 bridgehead atoms. The van der Waals surface area contributed by atoms with Crippen molar-refractivity contribution in [3.8, 4) is 0 Å². The zero-order valence-corrected chi connectivity index (χ0v) is 20.8. The summed E-state index contributed by atoms with van der Waals surface area (Å²) in [7, 11) is 2.36. The van der Waals surface area contributed by atoms with Crippen LogP contribution in [0.2, 0.25) is 0 Å². The maximum absolute atomic E-state index is 13.3. The second-order valence-corrected chi connectivity index (χ2v) is 13.3. The number of ketones is 1. The van der Waals surface area contributed by atoms with Gasteiger partial charge in [0.25, 0.3) is 0 Å². The molecule has 11 atom stereocenters. The van der Waals surface area contributed by atoms with Gasteiger partial charge in [0.1, 0.15) is 5.78 Å². The second-order valence-electron chi connectivity index (χ2n) is 13.3. The molecular formula is C28H47NO2. The normalized spacial score (nSPS) is 54.1. The SMILES string of the molecule is CC1CCC(C(C)C2CCC3C4CC(=O)C5CC(O)CCC5(C)C4CCC23C)N(C)C1. The van der Waals surface area contributed by atoms with Crippen molar-refractivity contribution in [3.63, 3.8) is 0 Å². The lowest BCUT2D eigenvalue weighted by atomic mass is 9.44. The Balaban J connectivity index is 1.37. The van der Waals surface area contributed by atoms with Crippen molar-refractivity contribution in [2.24, 2.45) is 52.3 Å². The number of carbonyl (C=O) groups excluding carboxylic acids is 1. The van der Waals surface area contributed by atoms with Gasteiger partial charge in [-0.3, -0.25) is 4.79 Å². The summed E-state index contributed by atoms with van der Waals surface area (Å²) in [4.78, 5) is 16.0. The molecular weight excluding hydrogens is 382 g/mol. The molecule has 0 aromatic heterocycles. The standard InChI is InChI=1S/C28H47NO2/c1-17-6-9-25(29(5)16-17)18(2)21-7-8-22-20-15-26(31)24-14-19(30)10-12-28(24,4)23(20)11-13-27(21,22)3/h17-25,30H,6-16H2,1-5H3. The van der Waals surface area contributed by atoms with Crippen molar-refractivity contribution in [3.05, 3.63) is 0 Å². The molecule has 0 spiro atoms. The first-order valence-corrected chi connectivity index (χ1v) is 13.6. The van der Waals surface area contributed by atoms with Gasteiger partial charge in [-0.2, -0.15) is 0 Å². The molecule has 176 valence electrons. The number of hydrogen-bond acceptors (Lipinski definition) is 3. The van der Waals surface area contributed by atoms with Gasteiger partial charge in [-0.05, 0) is 111 Å². The summed E-state index contributed by atoms with van der Waals surface area (Å²) < 4.78 is 0. The van der Waals surface area contributed by atoms with Crippen molar-refractivity contribution >= 4 is 5.78 Å². The molecule has 5 fully saturated rings. The zero-order chi connectivity index (χ0) is 22.1. The smallest absolute Gasteiger partial charge is 0.136 e. The van der Waals surface area contributed by atoms with Crippen LogP contribution >= 0.6 is 0 Å². The highest BCUT2D eigenvalue weighted by molar-refractivity contribution is 5.83. The molecule has 11 unspecified atom stereocenters. The Morgan fingerprint density at radius 3 is 2.45 bits per heavy atom. The van der Waals surface area contributed by atoms with E-state index in [0.29, 0.717) is 23.0 Å². The highest BCUT2D eigenvalue weighted by Gasteiger charge is 2.62. The van der Waals surface area contributed by atoms with Crippen LogP contribution in [0.3, 0.4) is 0 Å². The number of carbonyl (C=O) groups is 1. The van der Waals surface area contributed by atoms with Gasteiger partial charge < -0.3 is 10.0 Å². The monoisotopic (exact) mass is 429 g/mol. The number of hydrogen-bond donors (Lipinski definition) is 1. The van der Waals surface area contributed by atoms with Crippen molar-refractivity contribution in [2.75, 3.05) is 13.6 Å². The van der Waals surface area contributed by atoms with Gasteiger partial charge in [-0.25, -0.2) is 0 Å². The number of piperidine rings is 1. The maximum Gasteiger partial charge on any atom is 0.136 e. The lowest BCUT2D eigenvalue weighted by molar-refractivity contribution is -0.160. The molecule has 4 saturated carbocycles. The highest BCUT2D eigenvalue weighted by Crippen LogP contribution is 2.68. The Morgan fingerprint density at radius 1 is 1.00 bits per heavy atom. The van der Waals surface area contributed by atoms with Crippen LogP contribution in [0.25, 0.3) is 0 Å². The quantitative estimate of drug-likeness (QED) is 0.625. The van der Waals surface area contributed by atoms with Crippen molar-refractivity contribution in [2.45, 2.75) is 104 Å². The van der Waals surface area contributed by atoms with E-state index in [1.54, 1.807) is 0 Å². The first-order chi connectivity index (χ1) is 14.6. The summed E-state index contributed by atoms with van der Waals surface area (Å²) in [6, 6.07) is 0.740. The number of Topliss-reactive ketones (excluding diaryl/α,β-unsaturated/α-hetero) is 1. The summed E-state index contributed by atoms with van der Waals surface area (Å²) in [5.41, 5.74) is 0.562. The number of nitrogens with zero attached hydrogens (tertiary/aromatic N) is 1. The fourth-order valence-corrected chi connectivity index (χ4v) is 10.3. The summed E-state index contributed by atoms with van der Waals surface area (Å²) in [5.74, 6) is 5.06. The first kappa shape index (κ1) is 22.4. The number of rotatable bonds is 2. The molecule has 4 aliphatic carbocycles. The largest absolute Gasteiger partial charge is 0.393 e. The van der Waals surface area contributed by atoms with Crippen LogP contribution in [-0.4, -0.2) is 41.5 Å². The second kappa shape index (κ2) is 7.83. The molecule has 1 N–H and O–H groups in total. The first-order valence-electron chi connectivity index (χ1n) is 13.6. The molecule has 3 heteroatoms. The summed E-state index contributed by atoms with van der Waals surface area (Å²) in [5, 5.41) is 10.3. The Kier molecular flexibility index (Phi) is 5.65. The molecule has 0 aromatic carbocycles. The summed E-state index contributed by atoms with van der Waals surface area (Å²) in [6.45, 7) is 11.3. The van der Waals surface area contributed by atoms with Crippen LogP contribution in [0.4, 0.5) is 0 Å². The van der Waals surface area contributed by atoms with Crippen LogP contribution in [0.5, 0.6) is 0 Å². The van der Waals surface area contributed by atoms with Crippen LogP contribution in [0.1, 0.15) is 91.9 Å². The Bertz CT molecular complexity index is 707. The van der Waals surface area contributed by atoms with E-state index < -0.39 is 0 Å². The maximum atomic E-state index is 13.3. The van der Waals surface area contributed by atoms with Gasteiger partial charge in [0.15, 0.2) is 0 Å². The molecule has 0 radical (unpaired) electrons. The average molecular weight is 430 g/mol. The molecule has 0 amide bonds. The zero-order valence-electron chi connectivity index (χ0n) is 20.8. The molecule has 5 aliphatic rings. The van der Waals surface area contributed by atoms with Crippen LogP contribution < -0.4 is 0 Å². The predicted molar refractivity (Wildman–Crippen MR) is 126 cm³/mol. The Morgan fingerprint density at radius 2 is 1.71 bits per heavy atom. The molecule has 31 heavy (non-hydrogen) atoms. The predicted octanol–water partition coefficient (Wildman–Crippen LogP) is 5.55. The minimum absolute atomic E-state index is 0.121. The van der Waals surface area contributed by atoms with Crippen molar-refractivity contribution < 1.29 is 9.90 Å². The molecule has 1 aliphatic heterocycles. The van der Waals surface area contributed by atoms with Gasteiger partial charge in [-0.15, -0.1) is 0 Å². The van der Waals surface area contributed by atoms with Gasteiger partial charge >= 0.3 is 0 Å². The van der Waals surface area contributed by atoms with Crippen molar-refractivity contribution in [1.82, 2.24) is 4.90 Å². The number of likely N-dealkylation sites (tertiary alicyclic amines) is 1. The highest BCUT2D eigenvalue weighted by atomic mass is 16.3. The molecule has 1 heterocycles. The van der Waals surface area contributed by atoms with E-state index in [0.717, 1.165) is 55.4 Å². The van der Waals surface area contributed by atoms with E-state index in [-0.39, 0.29) is 17.4 Å².